The lowest BCUT2D eigenvalue weighted by atomic mass is 9.93. The van der Waals surface area contributed by atoms with Crippen LogP contribution in [0.4, 0.5) is 0 Å². The van der Waals surface area contributed by atoms with Gasteiger partial charge in [-0.15, -0.1) is 0 Å². The molecule has 17 heavy (non-hydrogen) atoms. The summed E-state index contributed by atoms with van der Waals surface area (Å²) in [5, 5.41) is 12.1. The minimum atomic E-state index is -0.983. The summed E-state index contributed by atoms with van der Waals surface area (Å²) in [5.74, 6) is -0.947. The maximum Gasteiger partial charge on any atom is 0.323 e. The second kappa shape index (κ2) is 7.27. The normalized spacial score (nSPS) is 11.3. The van der Waals surface area contributed by atoms with Gasteiger partial charge in [-0.1, -0.05) is 13.8 Å². The Morgan fingerprint density at radius 1 is 1.12 bits per heavy atom. The van der Waals surface area contributed by atoms with Gasteiger partial charge in [0.2, 0.25) is 5.91 Å². The zero-order valence-electron chi connectivity index (χ0n) is 11.2. The summed E-state index contributed by atoms with van der Waals surface area (Å²) in [6.07, 6.45) is 0.925. The van der Waals surface area contributed by atoms with Gasteiger partial charge in [-0.3, -0.25) is 14.9 Å². The third-order valence-corrected chi connectivity index (χ3v) is 3.31. The van der Waals surface area contributed by atoms with Crippen LogP contribution in [0, 0.1) is 0 Å². The lowest BCUT2D eigenvalue weighted by Crippen LogP contribution is -2.54. The molecule has 5 nitrogen and oxygen atoms in total. The van der Waals surface area contributed by atoms with E-state index in [1.165, 1.54) is 0 Å². The molecule has 0 heterocycles. The van der Waals surface area contributed by atoms with Crippen molar-refractivity contribution in [2.45, 2.75) is 46.1 Å². The van der Waals surface area contributed by atoms with Gasteiger partial charge in [-0.05, 0) is 26.7 Å². The number of hydrogen-bond acceptors (Lipinski definition) is 3. The number of likely N-dealkylation sites (N-methyl/N-ethyl adjacent to an activating group) is 1. The number of rotatable bonds is 8. The van der Waals surface area contributed by atoms with Crippen molar-refractivity contribution in [1.82, 2.24) is 10.2 Å². The molecule has 100 valence electrons. The predicted octanol–water partition coefficient (Wildman–Crippen LogP) is 1.09. The Balaban J connectivity index is 4.51. The van der Waals surface area contributed by atoms with Gasteiger partial charge in [0.25, 0.3) is 0 Å². The fourth-order valence-corrected chi connectivity index (χ4v) is 1.81. The van der Waals surface area contributed by atoms with Gasteiger partial charge in [0.1, 0.15) is 5.54 Å². The van der Waals surface area contributed by atoms with Crippen molar-refractivity contribution >= 4 is 11.9 Å². The lowest BCUT2D eigenvalue weighted by Gasteiger charge is -2.29. The molecule has 0 aromatic carbocycles. The molecule has 0 unspecified atom stereocenters. The minimum absolute atomic E-state index is 0.0532. The topological polar surface area (TPSA) is 69.6 Å². The number of hydrogen-bond donors (Lipinski definition) is 2. The Hall–Kier alpha value is -1.10. The highest BCUT2D eigenvalue weighted by molar-refractivity contribution is 5.82. The highest BCUT2D eigenvalue weighted by Gasteiger charge is 2.34. The van der Waals surface area contributed by atoms with E-state index in [2.05, 4.69) is 5.32 Å². The molecule has 0 fully saturated rings. The van der Waals surface area contributed by atoms with Crippen LogP contribution in [-0.2, 0) is 9.59 Å². The molecule has 0 saturated heterocycles. The Kier molecular flexibility index (Phi) is 6.80. The number of aliphatic carboxylic acids is 1. The van der Waals surface area contributed by atoms with E-state index in [1.807, 2.05) is 27.7 Å². The number of nitrogens with one attached hydrogen (secondary N) is 1. The van der Waals surface area contributed by atoms with Gasteiger partial charge < -0.3 is 10.0 Å². The third kappa shape index (κ3) is 4.00. The monoisotopic (exact) mass is 244 g/mol. The average Bonchev–Trinajstić information content (AvgIpc) is 2.32. The first kappa shape index (κ1) is 15.9. The van der Waals surface area contributed by atoms with Gasteiger partial charge in [0.15, 0.2) is 0 Å². The number of carbonyl (C=O) groups is 2. The highest BCUT2D eigenvalue weighted by atomic mass is 16.4. The molecule has 0 rings (SSSR count). The van der Waals surface area contributed by atoms with E-state index in [0.29, 0.717) is 25.9 Å². The third-order valence-electron chi connectivity index (χ3n) is 3.31. The smallest absolute Gasteiger partial charge is 0.323 e. The number of amides is 1. The highest BCUT2D eigenvalue weighted by Crippen LogP contribution is 2.15. The Morgan fingerprint density at radius 3 is 1.88 bits per heavy atom. The summed E-state index contributed by atoms with van der Waals surface area (Å²) >= 11 is 0. The van der Waals surface area contributed by atoms with Crippen molar-refractivity contribution < 1.29 is 14.7 Å². The summed E-state index contributed by atoms with van der Waals surface area (Å²) in [7, 11) is 0. The largest absolute Gasteiger partial charge is 0.480 e. The van der Waals surface area contributed by atoms with Gasteiger partial charge in [0, 0.05) is 13.1 Å². The van der Waals surface area contributed by atoms with Crippen LogP contribution in [0.3, 0.4) is 0 Å². The molecule has 0 aliphatic carbocycles. The lowest BCUT2D eigenvalue weighted by molar-refractivity contribution is -0.145. The molecule has 1 amide bonds. The molecule has 0 aromatic rings. The number of carbonyl (C=O) groups excluding carboxylic acids is 1. The van der Waals surface area contributed by atoms with E-state index in [-0.39, 0.29) is 12.5 Å². The van der Waals surface area contributed by atoms with E-state index in [0.717, 1.165) is 0 Å². The van der Waals surface area contributed by atoms with Crippen LogP contribution in [0.5, 0.6) is 0 Å². The van der Waals surface area contributed by atoms with E-state index >= 15 is 0 Å². The standard InChI is InChI=1S/C12H24N2O3/c1-5-12(6-2,11(16)17)13-9-10(15)14(7-3)8-4/h13H,5-9H2,1-4H3,(H,16,17). The molecular weight excluding hydrogens is 220 g/mol. The summed E-state index contributed by atoms with van der Waals surface area (Å²) in [4.78, 5) is 24.7. The number of nitrogens with zero attached hydrogens (tertiary/aromatic N) is 1. The molecule has 0 radical (unpaired) electrons. The van der Waals surface area contributed by atoms with E-state index < -0.39 is 11.5 Å². The summed E-state index contributed by atoms with van der Waals surface area (Å²) in [6, 6.07) is 0. The molecule has 5 heteroatoms. The van der Waals surface area contributed by atoms with Crippen LogP contribution >= 0.6 is 0 Å². The molecule has 0 aliphatic heterocycles. The van der Waals surface area contributed by atoms with Gasteiger partial charge in [-0.2, -0.15) is 0 Å². The Bertz CT molecular complexity index is 258. The second-order valence-electron chi connectivity index (χ2n) is 4.01. The van der Waals surface area contributed by atoms with Crippen LogP contribution < -0.4 is 5.32 Å². The van der Waals surface area contributed by atoms with Crippen molar-refractivity contribution in [1.29, 1.82) is 0 Å². The SMILES string of the molecule is CCN(CC)C(=O)CNC(CC)(CC)C(=O)O. The van der Waals surface area contributed by atoms with Crippen LogP contribution in [0.15, 0.2) is 0 Å². The van der Waals surface area contributed by atoms with Crippen LogP contribution in [0.1, 0.15) is 40.5 Å². The first-order valence-electron chi connectivity index (χ1n) is 6.23. The molecule has 0 aliphatic rings. The van der Waals surface area contributed by atoms with Gasteiger partial charge >= 0.3 is 5.97 Å². The van der Waals surface area contributed by atoms with Gasteiger partial charge in [-0.25, -0.2) is 0 Å². The second-order valence-corrected chi connectivity index (χ2v) is 4.01. The minimum Gasteiger partial charge on any atom is -0.480 e. The first-order valence-corrected chi connectivity index (χ1v) is 6.23. The molecule has 0 saturated carbocycles. The average molecular weight is 244 g/mol. The van der Waals surface area contributed by atoms with Crippen LogP contribution in [0.2, 0.25) is 0 Å². The fourth-order valence-electron chi connectivity index (χ4n) is 1.81. The Labute approximate surface area is 103 Å². The predicted molar refractivity (Wildman–Crippen MR) is 66.9 cm³/mol. The maximum atomic E-state index is 11.8. The van der Waals surface area contributed by atoms with Crippen molar-refractivity contribution in [3.63, 3.8) is 0 Å². The molecule has 0 aromatic heterocycles. The summed E-state index contributed by atoms with van der Waals surface area (Å²) in [6.45, 7) is 8.82. The van der Waals surface area contributed by atoms with Crippen molar-refractivity contribution in [2.75, 3.05) is 19.6 Å². The summed E-state index contributed by atoms with van der Waals surface area (Å²) < 4.78 is 0. The quantitative estimate of drug-likeness (QED) is 0.670. The fraction of sp³-hybridized carbons (Fsp3) is 0.833. The molecular formula is C12H24N2O3. The number of carboxylic acid groups (broad SMARTS) is 1. The van der Waals surface area contributed by atoms with Crippen molar-refractivity contribution in [2.24, 2.45) is 0 Å². The Morgan fingerprint density at radius 2 is 1.59 bits per heavy atom. The molecule has 0 bridgehead atoms. The number of carboxylic acids is 1. The van der Waals surface area contributed by atoms with Crippen LogP contribution in [-0.4, -0.2) is 47.1 Å². The maximum absolute atomic E-state index is 11.8. The molecule has 0 atom stereocenters. The van der Waals surface area contributed by atoms with E-state index in [4.69, 9.17) is 0 Å². The van der Waals surface area contributed by atoms with Crippen molar-refractivity contribution in [3.8, 4) is 0 Å². The van der Waals surface area contributed by atoms with Crippen molar-refractivity contribution in [3.05, 3.63) is 0 Å². The zero-order valence-corrected chi connectivity index (χ0v) is 11.2. The molecule has 2 N–H and O–H groups in total. The van der Waals surface area contributed by atoms with Crippen LogP contribution in [0.25, 0.3) is 0 Å². The summed E-state index contributed by atoms with van der Waals surface area (Å²) in [5.41, 5.74) is -0.983. The van der Waals surface area contributed by atoms with E-state index in [1.54, 1.807) is 4.90 Å². The first-order chi connectivity index (χ1) is 7.97. The van der Waals surface area contributed by atoms with E-state index in [9.17, 15) is 14.7 Å². The van der Waals surface area contributed by atoms with Gasteiger partial charge in [0.05, 0.1) is 6.54 Å². The molecule has 0 spiro atoms. The zero-order chi connectivity index (χ0) is 13.5.